The molecule has 0 aliphatic rings. The van der Waals surface area contributed by atoms with Gasteiger partial charge < -0.3 is 16.2 Å². The molecule has 0 unspecified atom stereocenters. The van der Waals surface area contributed by atoms with E-state index in [4.69, 9.17) is 16.2 Å². The van der Waals surface area contributed by atoms with Crippen LogP contribution in [0.2, 0.25) is 25.7 Å². The van der Waals surface area contributed by atoms with Gasteiger partial charge in [-0.2, -0.15) is 18.3 Å². The second kappa shape index (κ2) is 7.27. The number of aryl methyl sites for hydroxylation is 1. The number of nitrogens with two attached hydrogens (primary N) is 2. The van der Waals surface area contributed by atoms with Crippen molar-refractivity contribution >= 4 is 19.6 Å². The van der Waals surface area contributed by atoms with Crippen LogP contribution in [0, 0.1) is 6.92 Å². The molecule has 6 nitrogen and oxygen atoms in total. The maximum absolute atomic E-state index is 13.0. The second-order valence-electron chi connectivity index (χ2n) is 7.35. The van der Waals surface area contributed by atoms with Gasteiger partial charge in [0.15, 0.2) is 0 Å². The Kier molecular flexibility index (Phi) is 5.66. The summed E-state index contributed by atoms with van der Waals surface area (Å²) in [4.78, 5) is 3.67. The van der Waals surface area contributed by atoms with E-state index in [1.54, 1.807) is 6.92 Å². The van der Waals surface area contributed by atoms with Gasteiger partial charge in [0.1, 0.15) is 12.5 Å². The van der Waals surface area contributed by atoms with Crippen LogP contribution in [0.4, 0.5) is 24.7 Å². The third kappa shape index (κ3) is 4.76. The lowest BCUT2D eigenvalue weighted by molar-refractivity contribution is -0.137. The van der Waals surface area contributed by atoms with Crippen LogP contribution < -0.4 is 11.5 Å². The van der Waals surface area contributed by atoms with E-state index in [0.29, 0.717) is 18.5 Å². The SMILES string of the molecule is Cc1nn(COCC[Si](C)(C)C)c(-c2cc(C(F)(F)F)cnc2N)c1N. The highest BCUT2D eigenvalue weighted by molar-refractivity contribution is 6.76. The van der Waals surface area contributed by atoms with Crippen molar-refractivity contribution in [3.8, 4) is 11.3 Å². The number of hydrogen-bond donors (Lipinski definition) is 2. The minimum atomic E-state index is -4.53. The third-order valence-corrected chi connectivity index (χ3v) is 5.59. The standard InChI is InChI=1S/C16H24F3N5OSi/c1-10-13(20)14(24(23-10)9-25-5-6-26(2,3)4)12-7-11(16(17,18)19)8-22-15(12)21/h7-8H,5-6,9,20H2,1-4H3,(H2,21,22). The lowest BCUT2D eigenvalue weighted by atomic mass is 10.1. The van der Waals surface area contributed by atoms with Gasteiger partial charge in [-0.1, -0.05) is 19.6 Å². The molecule has 0 aromatic carbocycles. The fraction of sp³-hybridized carbons (Fsp3) is 0.500. The van der Waals surface area contributed by atoms with Crippen LogP contribution in [0.25, 0.3) is 11.3 Å². The topological polar surface area (TPSA) is 92.0 Å². The largest absolute Gasteiger partial charge is 0.417 e. The number of halogens is 3. The number of alkyl halides is 3. The minimum absolute atomic E-state index is 0.0482. The zero-order chi connectivity index (χ0) is 19.7. The number of anilines is 2. The van der Waals surface area contributed by atoms with Gasteiger partial charge in [0, 0.05) is 26.4 Å². The molecule has 0 bridgehead atoms. The van der Waals surface area contributed by atoms with Gasteiger partial charge in [0.05, 0.1) is 22.6 Å². The summed E-state index contributed by atoms with van der Waals surface area (Å²) >= 11 is 0. The van der Waals surface area contributed by atoms with Crippen molar-refractivity contribution in [1.82, 2.24) is 14.8 Å². The van der Waals surface area contributed by atoms with Crippen LogP contribution in [0.1, 0.15) is 11.3 Å². The van der Waals surface area contributed by atoms with Gasteiger partial charge in [-0.05, 0) is 19.0 Å². The summed E-state index contributed by atoms with van der Waals surface area (Å²) in [6.45, 7) is 8.99. The minimum Gasteiger partial charge on any atom is -0.395 e. The highest BCUT2D eigenvalue weighted by Crippen LogP contribution is 2.36. The summed E-state index contributed by atoms with van der Waals surface area (Å²) in [5.41, 5.74) is 12.1. The van der Waals surface area contributed by atoms with Crippen LogP contribution in [0.5, 0.6) is 0 Å². The van der Waals surface area contributed by atoms with Crippen molar-refractivity contribution in [3.63, 3.8) is 0 Å². The summed E-state index contributed by atoms with van der Waals surface area (Å²) < 4.78 is 46.2. The molecule has 4 N–H and O–H groups in total. The monoisotopic (exact) mass is 387 g/mol. The van der Waals surface area contributed by atoms with Gasteiger partial charge in [0.25, 0.3) is 0 Å². The van der Waals surface area contributed by atoms with Crippen molar-refractivity contribution in [2.45, 2.75) is 45.5 Å². The molecule has 0 saturated heterocycles. The molecular weight excluding hydrogens is 363 g/mol. The lowest BCUT2D eigenvalue weighted by Gasteiger charge is -2.16. The van der Waals surface area contributed by atoms with Crippen LogP contribution >= 0.6 is 0 Å². The zero-order valence-corrected chi connectivity index (χ0v) is 16.3. The highest BCUT2D eigenvalue weighted by Gasteiger charge is 2.32. The van der Waals surface area contributed by atoms with E-state index in [2.05, 4.69) is 29.7 Å². The van der Waals surface area contributed by atoms with Crippen LogP contribution in [-0.2, 0) is 17.6 Å². The summed E-state index contributed by atoms with van der Waals surface area (Å²) in [5.74, 6) is -0.0482. The molecule has 2 aromatic heterocycles. The predicted molar refractivity (Wildman–Crippen MR) is 98.1 cm³/mol. The van der Waals surface area contributed by atoms with Gasteiger partial charge >= 0.3 is 6.18 Å². The Morgan fingerprint density at radius 3 is 2.46 bits per heavy atom. The van der Waals surface area contributed by atoms with Crippen molar-refractivity contribution in [2.75, 3.05) is 18.1 Å². The first-order chi connectivity index (χ1) is 11.9. The van der Waals surface area contributed by atoms with E-state index in [0.717, 1.165) is 12.1 Å². The molecule has 26 heavy (non-hydrogen) atoms. The van der Waals surface area contributed by atoms with E-state index in [9.17, 15) is 13.2 Å². The Labute approximate surface area is 151 Å². The maximum Gasteiger partial charge on any atom is 0.417 e. The summed E-state index contributed by atoms with van der Waals surface area (Å²) in [7, 11) is -1.25. The number of rotatable bonds is 6. The molecular formula is C16H24F3N5OSi. The summed E-state index contributed by atoms with van der Waals surface area (Å²) in [6.07, 6.45) is -3.83. The van der Waals surface area contributed by atoms with Crippen molar-refractivity contribution in [2.24, 2.45) is 0 Å². The smallest absolute Gasteiger partial charge is 0.395 e. The molecule has 0 aliphatic carbocycles. The molecule has 2 aromatic rings. The molecule has 0 aliphatic heterocycles. The number of ether oxygens (including phenoxy) is 1. The molecule has 0 fully saturated rings. The first-order valence-corrected chi connectivity index (χ1v) is 11.8. The molecule has 144 valence electrons. The van der Waals surface area contributed by atoms with Crippen LogP contribution in [-0.4, -0.2) is 29.4 Å². The molecule has 0 atom stereocenters. The highest BCUT2D eigenvalue weighted by atomic mass is 28.3. The van der Waals surface area contributed by atoms with E-state index < -0.39 is 19.8 Å². The van der Waals surface area contributed by atoms with Gasteiger partial charge in [-0.25, -0.2) is 9.67 Å². The van der Waals surface area contributed by atoms with Gasteiger partial charge in [-0.3, -0.25) is 0 Å². The predicted octanol–water partition coefficient (Wildman–Crippen LogP) is 3.75. The summed E-state index contributed by atoms with van der Waals surface area (Å²) in [5, 5.41) is 4.27. The van der Waals surface area contributed by atoms with E-state index in [-0.39, 0.29) is 29.5 Å². The number of nitrogen functional groups attached to an aromatic ring is 2. The average molecular weight is 387 g/mol. The number of hydrogen-bond acceptors (Lipinski definition) is 5. The van der Waals surface area contributed by atoms with E-state index >= 15 is 0 Å². The van der Waals surface area contributed by atoms with Crippen LogP contribution in [0.15, 0.2) is 12.3 Å². The second-order valence-corrected chi connectivity index (χ2v) is 13.0. The quantitative estimate of drug-likeness (QED) is 0.582. The molecule has 2 rings (SSSR count). The van der Waals surface area contributed by atoms with Gasteiger partial charge in [-0.15, -0.1) is 0 Å². The first kappa shape index (κ1) is 20.2. The fourth-order valence-electron chi connectivity index (χ4n) is 2.32. The van der Waals surface area contributed by atoms with Crippen molar-refractivity contribution in [3.05, 3.63) is 23.5 Å². The Morgan fingerprint density at radius 1 is 1.23 bits per heavy atom. The Balaban J connectivity index is 2.35. The van der Waals surface area contributed by atoms with Gasteiger partial charge in [0.2, 0.25) is 0 Å². The zero-order valence-electron chi connectivity index (χ0n) is 15.3. The van der Waals surface area contributed by atoms with Crippen molar-refractivity contribution < 1.29 is 17.9 Å². The fourth-order valence-corrected chi connectivity index (χ4v) is 3.08. The van der Waals surface area contributed by atoms with E-state index in [1.165, 1.54) is 4.68 Å². The van der Waals surface area contributed by atoms with Crippen LogP contribution in [0.3, 0.4) is 0 Å². The molecule has 0 amide bonds. The first-order valence-electron chi connectivity index (χ1n) is 8.14. The molecule has 10 heteroatoms. The molecule has 0 spiro atoms. The molecule has 0 saturated carbocycles. The maximum atomic E-state index is 13.0. The van der Waals surface area contributed by atoms with Crippen molar-refractivity contribution in [1.29, 1.82) is 0 Å². The van der Waals surface area contributed by atoms with E-state index in [1.807, 2.05) is 0 Å². The Morgan fingerprint density at radius 2 is 1.88 bits per heavy atom. The number of nitrogens with zero attached hydrogens (tertiary/aromatic N) is 3. The number of pyridine rings is 1. The Hall–Kier alpha value is -2.07. The average Bonchev–Trinajstić information content (AvgIpc) is 2.77. The molecule has 2 heterocycles. The normalized spacial score (nSPS) is 12.6. The summed E-state index contributed by atoms with van der Waals surface area (Å²) in [6, 6.07) is 1.90. The molecule has 0 radical (unpaired) electrons. The lowest BCUT2D eigenvalue weighted by Crippen LogP contribution is -2.22. The Bertz CT molecular complexity index is 783. The number of aromatic nitrogens is 3. The third-order valence-electron chi connectivity index (χ3n) is 3.88.